The predicted molar refractivity (Wildman–Crippen MR) is 76.7 cm³/mol. The third kappa shape index (κ3) is 3.55. The van der Waals surface area contributed by atoms with Crippen LogP contribution in [0.3, 0.4) is 0 Å². The Bertz CT molecular complexity index is 599. The maximum atomic E-state index is 11.8. The molecule has 1 aromatic heterocycles. The molecule has 19 heavy (non-hydrogen) atoms. The van der Waals surface area contributed by atoms with Crippen molar-refractivity contribution in [2.24, 2.45) is 7.05 Å². The summed E-state index contributed by atoms with van der Waals surface area (Å²) in [6.45, 7) is 2.07. The Kier molecular flexibility index (Phi) is 4.13. The van der Waals surface area contributed by atoms with Crippen LogP contribution in [0.1, 0.15) is 18.1 Å². The molecule has 0 fully saturated rings. The van der Waals surface area contributed by atoms with E-state index in [0.29, 0.717) is 0 Å². The van der Waals surface area contributed by atoms with Gasteiger partial charge in [-0.05, 0) is 24.1 Å². The molecule has 0 aliphatic carbocycles. The average molecular weight is 255 g/mol. The van der Waals surface area contributed by atoms with Crippen LogP contribution >= 0.6 is 0 Å². The van der Waals surface area contributed by atoms with Gasteiger partial charge in [-0.3, -0.25) is 9.48 Å². The molecule has 4 heteroatoms. The summed E-state index contributed by atoms with van der Waals surface area (Å²) in [7, 11) is 1.84. The van der Waals surface area contributed by atoms with E-state index in [4.69, 9.17) is 0 Å². The maximum absolute atomic E-state index is 11.8. The molecule has 0 bridgehead atoms. The molecule has 0 atom stereocenters. The first-order chi connectivity index (χ1) is 9.19. The number of nitrogens with zero attached hydrogens (tertiary/aromatic N) is 2. The average Bonchev–Trinajstić information content (AvgIpc) is 2.83. The summed E-state index contributed by atoms with van der Waals surface area (Å²) in [5.41, 5.74) is 2.90. The van der Waals surface area contributed by atoms with Crippen molar-refractivity contribution in [3.63, 3.8) is 0 Å². The van der Waals surface area contributed by atoms with Crippen molar-refractivity contribution in [2.45, 2.75) is 13.3 Å². The Balaban J connectivity index is 2.03. The molecule has 0 aliphatic heterocycles. The van der Waals surface area contributed by atoms with E-state index in [-0.39, 0.29) is 5.91 Å². The number of amides is 1. The van der Waals surface area contributed by atoms with Crippen LogP contribution < -0.4 is 5.32 Å². The Morgan fingerprint density at radius 1 is 1.42 bits per heavy atom. The van der Waals surface area contributed by atoms with E-state index in [2.05, 4.69) is 17.3 Å². The number of anilines is 1. The van der Waals surface area contributed by atoms with E-state index < -0.39 is 0 Å². The van der Waals surface area contributed by atoms with Crippen LogP contribution in [-0.4, -0.2) is 15.7 Å². The van der Waals surface area contributed by atoms with Crippen molar-refractivity contribution in [3.8, 4) is 0 Å². The first-order valence-corrected chi connectivity index (χ1v) is 6.24. The zero-order valence-electron chi connectivity index (χ0n) is 11.1. The lowest BCUT2D eigenvalue weighted by Crippen LogP contribution is -2.09. The molecule has 1 N–H and O–H groups in total. The van der Waals surface area contributed by atoms with E-state index in [0.717, 1.165) is 23.2 Å². The van der Waals surface area contributed by atoms with Gasteiger partial charge in [0.1, 0.15) is 0 Å². The quantitative estimate of drug-likeness (QED) is 0.854. The second-order valence-electron chi connectivity index (χ2n) is 4.28. The van der Waals surface area contributed by atoms with Gasteiger partial charge in [0.15, 0.2) is 0 Å². The second kappa shape index (κ2) is 6.00. The molecule has 1 aromatic carbocycles. The Hall–Kier alpha value is -2.36. The fourth-order valence-electron chi connectivity index (χ4n) is 1.82. The normalized spacial score (nSPS) is 10.8. The number of rotatable bonds is 4. The summed E-state index contributed by atoms with van der Waals surface area (Å²) >= 11 is 0. The van der Waals surface area contributed by atoms with Gasteiger partial charge in [-0.25, -0.2) is 0 Å². The van der Waals surface area contributed by atoms with Crippen molar-refractivity contribution in [2.75, 3.05) is 5.32 Å². The van der Waals surface area contributed by atoms with Crippen molar-refractivity contribution < 1.29 is 4.79 Å². The van der Waals surface area contributed by atoms with Gasteiger partial charge in [0, 0.05) is 30.6 Å². The number of para-hydroxylation sites is 1. The number of benzene rings is 1. The van der Waals surface area contributed by atoms with E-state index in [1.54, 1.807) is 17.0 Å². The van der Waals surface area contributed by atoms with Crippen LogP contribution in [0.2, 0.25) is 0 Å². The van der Waals surface area contributed by atoms with Gasteiger partial charge in [-0.15, -0.1) is 0 Å². The molecule has 98 valence electrons. The molecule has 1 heterocycles. The van der Waals surface area contributed by atoms with Crippen molar-refractivity contribution in [3.05, 3.63) is 53.9 Å². The summed E-state index contributed by atoms with van der Waals surface area (Å²) in [5.74, 6) is -0.134. The summed E-state index contributed by atoms with van der Waals surface area (Å²) in [5, 5.41) is 6.93. The number of aryl methyl sites for hydroxylation is 2. The largest absolute Gasteiger partial charge is 0.322 e. The molecule has 0 saturated carbocycles. The second-order valence-corrected chi connectivity index (χ2v) is 4.28. The molecule has 2 rings (SSSR count). The highest BCUT2D eigenvalue weighted by molar-refractivity contribution is 6.02. The van der Waals surface area contributed by atoms with Crippen LogP contribution in [0.15, 0.2) is 42.7 Å². The van der Waals surface area contributed by atoms with Gasteiger partial charge in [-0.1, -0.05) is 25.1 Å². The summed E-state index contributed by atoms with van der Waals surface area (Å²) in [6.07, 6.45) is 7.72. The molecular formula is C15H17N3O. The molecule has 0 saturated heterocycles. The van der Waals surface area contributed by atoms with Crippen LogP contribution in [0.4, 0.5) is 5.69 Å². The highest BCUT2D eigenvalue weighted by atomic mass is 16.1. The number of carbonyl (C=O) groups excluding carboxylic acids is 1. The number of carbonyl (C=O) groups is 1. The lowest BCUT2D eigenvalue weighted by molar-refractivity contribution is -0.111. The van der Waals surface area contributed by atoms with Gasteiger partial charge in [-0.2, -0.15) is 5.10 Å². The Morgan fingerprint density at radius 3 is 2.89 bits per heavy atom. The van der Waals surface area contributed by atoms with Gasteiger partial charge >= 0.3 is 0 Å². The molecule has 0 unspecified atom stereocenters. The molecule has 1 amide bonds. The van der Waals surface area contributed by atoms with Gasteiger partial charge in [0.2, 0.25) is 5.91 Å². The van der Waals surface area contributed by atoms with Crippen LogP contribution in [0.25, 0.3) is 6.08 Å². The highest BCUT2D eigenvalue weighted by Crippen LogP contribution is 2.15. The lowest BCUT2D eigenvalue weighted by atomic mass is 10.1. The minimum Gasteiger partial charge on any atom is -0.322 e. The van der Waals surface area contributed by atoms with Crippen molar-refractivity contribution in [1.82, 2.24) is 9.78 Å². The SMILES string of the molecule is CCc1ccccc1NC(=O)/C=C/c1cnn(C)c1. The standard InChI is InChI=1S/C15H17N3O/c1-3-13-6-4-5-7-14(13)17-15(19)9-8-12-10-16-18(2)11-12/h4-11H,3H2,1-2H3,(H,17,19)/b9-8+. The monoisotopic (exact) mass is 255 g/mol. The number of nitrogens with one attached hydrogen (secondary N) is 1. The van der Waals surface area contributed by atoms with Crippen LogP contribution in [0.5, 0.6) is 0 Å². The van der Waals surface area contributed by atoms with Gasteiger partial charge < -0.3 is 5.32 Å². The topological polar surface area (TPSA) is 46.9 Å². The fourth-order valence-corrected chi connectivity index (χ4v) is 1.82. The molecule has 0 aliphatic rings. The minimum atomic E-state index is -0.134. The smallest absolute Gasteiger partial charge is 0.248 e. The maximum Gasteiger partial charge on any atom is 0.248 e. The zero-order valence-corrected chi connectivity index (χ0v) is 11.1. The van der Waals surface area contributed by atoms with Crippen LogP contribution in [-0.2, 0) is 18.3 Å². The van der Waals surface area contributed by atoms with Crippen LogP contribution in [0, 0.1) is 0 Å². The molecule has 0 radical (unpaired) electrons. The fraction of sp³-hybridized carbons (Fsp3) is 0.200. The summed E-state index contributed by atoms with van der Waals surface area (Å²) in [4.78, 5) is 11.8. The number of hydrogen-bond donors (Lipinski definition) is 1. The summed E-state index contributed by atoms with van der Waals surface area (Å²) in [6, 6.07) is 7.81. The van der Waals surface area contributed by atoms with E-state index >= 15 is 0 Å². The molecular weight excluding hydrogens is 238 g/mol. The van der Waals surface area contributed by atoms with Crippen molar-refractivity contribution >= 4 is 17.7 Å². The van der Waals surface area contributed by atoms with E-state index in [1.165, 1.54) is 6.08 Å². The molecule has 4 nitrogen and oxygen atoms in total. The zero-order chi connectivity index (χ0) is 13.7. The Morgan fingerprint density at radius 2 is 2.21 bits per heavy atom. The lowest BCUT2D eigenvalue weighted by Gasteiger charge is -2.07. The van der Waals surface area contributed by atoms with Gasteiger partial charge in [0.25, 0.3) is 0 Å². The predicted octanol–water partition coefficient (Wildman–Crippen LogP) is 2.63. The highest BCUT2D eigenvalue weighted by Gasteiger charge is 2.02. The third-order valence-electron chi connectivity index (χ3n) is 2.81. The Labute approximate surface area is 112 Å². The van der Waals surface area contributed by atoms with Crippen molar-refractivity contribution in [1.29, 1.82) is 0 Å². The number of hydrogen-bond acceptors (Lipinski definition) is 2. The first kappa shape index (κ1) is 13.1. The first-order valence-electron chi connectivity index (χ1n) is 6.24. The minimum absolute atomic E-state index is 0.134. The number of aromatic nitrogens is 2. The van der Waals surface area contributed by atoms with E-state index in [1.807, 2.05) is 37.5 Å². The molecule has 0 spiro atoms. The third-order valence-corrected chi connectivity index (χ3v) is 2.81. The van der Waals surface area contributed by atoms with Gasteiger partial charge in [0.05, 0.1) is 6.20 Å². The van der Waals surface area contributed by atoms with E-state index in [9.17, 15) is 4.79 Å². The molecule has 2 aromatic rings. The summed E-state index contributed by atoms with van der Waals surface area (Å²) < 4.78 is 1.70.